The number of methoxy groups -OCH3 is 2. The third kappa shape index (κ3) is 3.05. The van der Waals surface area contributed by atoms with Crippen molar-refractivity contribution in [3.05, 3.63) is 18.2 Å². The Morgan fingerprint density at radius 3 is 2.53 bits per heavy atom. The van der Waals surface area contributed by atoms with E-state index in [0.29, 0.717) is 17.2 Å². The van der Waals surface area contributed by atoms with Crippen molar-refractivity contribution in [2.24, 2.45) is 0 Å². The first-order chi connectivity index (χ1) is 7.17. The summed E-state index contributed by atoms with van der Waals surface area (Å²) in [5.74, 6) is 1.12. The number of hydrazine groups is 1. The zero-order valence-corrected chi connectivity index (χ0v) is 8.96. The van der Waals surface area contributed by atoms with Crippen molar-refractivity contribution in [3.8, 4) is 11.5 Å². The maximum Gasteiger partial charge on any atom is 0.235 e. The van der Waals surface area contributed by atoms with Gasteiger partial charge in [0, 0.05) is 13.0 Å². The Labute approximate surface area is 88.3 Å². The molecule has 1 amide bonds. The number of carbonyl (C=O) groups is 1. The van der Waals surface area contributed by atoms with Crippen molar-refractivity contribution < 1.29 is 14.3 Å². The summed E-state index contributed by atoms with van der Waals surface area (Å²) in [5.41, 5.74) is 5.87. The Kier molecular flexibility index (Phi) is 3.79. The highest BCUT2D eigenvalue weighted by Gasteiger charge is 2.04. The number of benzene rings is 1. The molecule has 0 spiro atoms. The molecule has 0 unspecified atom stereocenters. The average Bonchev–Trinajstić information content (AvgIpc) is 2.25. The minimum absolute atomic E-state index is 0.173. The Morgan fingerprint density at radius 2 is 2.00 bits per heavy atom. The van der Waals surface area contributed by atoms with E-state index in [1.807, 2.05) is 0 Å². The van der Waals surface area contributed by atoms with Crippen LogP contribution in [-0.4, -0.2) is 20.1 Å². The number of ether oxygens (including phenoxy) is 2. The molecular formula is C10H14N2O3. The van der Waals surface area contributed by atoms with E-state index in [-0.39, 0.29) is 5.91 Å². The Bertz CT molecular complexity index is 353. The maximum absolute atomic E-state index is 10.7. The van der Waals surface area contributed by atoms with Crippen LogP contribution < -0.4 is 20.3 Å². The lowest BCUT2D eigenvalue weighted by Crippen LogP contribution is -2.26. The van der Waals surface area contributed by atoms with E-state index in [1.165, 1.54) is 6.92 Å². The minimum Gasteiger partial charge on any atom is -0.497 e. The largest absolute Gasteiger partial charge is 0.497 e. The number of anilines is 1. The minimum atomic E-state index is -0.173. The summed E-state index contributed by atoms with van der Waals surface area (Å²) in [4.78, 5) is 10.7. The average molecular weight is 210 g/mol. The molecule has 0 bridgehead atoms. The second-order valence-corrected chi connectivity index (χ2v) is 2.87. The molecule has 1 rings (SSSR count). The Morgan fingerprint density at radius 1 is 1.27 bits per heavy atom. The number of amides is 1. The third-order valence-corrected chi connectivity index (χ3v) is 1.78. The molecule has 0 saturated heterocycles. The van der Waals surface area contributed by atoms with Crippen LogP contribution >= 0.6 is 0 Å². The summed E-state index contributed by atoms with van der Waals surface area (Å²) in [6.45, 7) is 1.42. The second kappa shape index (κ2) is 5.09. The van der Waals surface area contributed by atoms with Crippen molar-refractivity contribution >= 4 is 11.6 Å². The maximum atomic E-state index is 10.7. The molecule has 82 valence electrons. The van der Waals surface area contributed by atoms with E-state index >= 15 is 0 Å². The van der Waals surface area contributed by atoms with Crippen molar-refractivity contribution in [2.75, 3.05) is 19.6 Å². The monoisotopic (exact) mass is 210 g/mol. The van der Waals surface area contributed by atoms with Crippen LogP contribution in [0, 0.1) is 0 Å². The molecule has 15 heavy (non-hydrogen) atoms. The van der Waals surface area contributed by atoms with E-state index < -0.39 is 0 Å². The summed E-state index contributed by atoms with van der Waals surface area (Å²) in [6, 6.07) is 5.25. The lowest BCUT2D eigenvalue weighted by Gasteiger charge is -2.12. The van der Waals surface area contributed by atoms with E-state index in [9.17, 15) is 4.79 Å². The van der Waals surface area contributed by atoms with E-state index in [4.69, 9.17) is 9.47 Å². The smallest absolute Gasteiger partial charge is 0.235 e. The number of rotatable bonds is 4. The predicted molar refractivity (Wildman–Crippen MR) is 57.0 cm³/mol. The zero-order valence-electron chi connectivity index (χ0n) is 8.96. The van der Waals surface area contributed by atoms with Gasteiger partial charge in [-0.1, -0.05) is 0 Å². The first-order valence-corrected chi connectivity index (χ1v) is 4.42. The van der Waals surface area contributed by atoms with Gasteiger partial charge in [-0.2, -0.15) is 0 Å². The lowest BCUT2D eigenvalue weighted by atomic mass is 10.3. The van der Waals surface area contributed by atoms with Gasteiger partial charge in [0.1, 0.15) is 11.5 Å². The standard InChI is InChI=1S/C10H14N2O3/c1-7(13)11-12-9-5-4-8(14-2)6-10(9)15-3/h4-6,12H,1-3H3,(H,11,13). The molecule has 0 aliphatic heterocycles. The molecule has 0 aliphatic rings. The van der Waals surface area contributed by atoms with Crippen LogP contribution in [0.1, 0.15) is 6.92 Å². The van der Waals surface area contributed by atoms with Gasteiger partial charge in [-0.05, 0) is 12.1 Å². The Balaban J connectivity index is 2.82. The Hall–Kier alpha value is -1.91. The first-order valence-electron chi connectivity index (χ1n) is 4.42. The molecule has 0 heterocycles. The van der Waals surface area contributed by atoms with Gasteiger partial charge in [-0.15, -0.1) is 0 Å². The predicted octanol–water partition coefficient (Wildman–Crippen LogP) is 1.17. The van der Waals surface area contributed by atoms with Gasteiger partial charge in [0.05, 0.1) is 19.9 Å². The van der Waals surface area contributed by atoms with Crippen LogP contribution in [0.4, 0.5) is 5.69 Å². The topological polar surface area (TPSA) is 59.6 Å². The van der Waals surface area contributed by atoms with Gasteiger partial charge in [-0.25, -0.2) is 0 Å². The molecule has 0 radical (unpaired) electrons. The van der Waals surface area contributed by atoms with Crippen LogP contribution in [-0.2, 0) is 4.79 Å². The normalized spacial score (nSPS) is 9.27. The molecule has 5 nitrogen and oxygen atoms in total. The quantitative estimate of drug-likeness (QED) is 0.732. The molecular weight excluding hydrogens is 196 g/mol. The summed E-state index contributed by atoms with van der Waals surface area (Å²) >= 11 is 0. The second-order valence-electron chi connectivity index (χ2n) is 2.87. The fourth-order valence-corrected chi connectivity index (χ4v) is 1.06. The van der Waals surface area contributed by atoms with E-state index in [2.05, 4.69) is 10.9 Å². The van der Waals surface area contributed by atoms with Gasteiger partial charge in [-0.3, -0.25) is 15.6 Å². The fraction of sp³-hybridized carbons (Fsp3) is 0.300. The number of carbonyl (C=O) groups excluding carboxylic acids is 1. The molecule has 0 atom stereocenters. The van der Waals surface area contributed by atoms with Gasteiger partial charge >= 0.3 is 0 Å². The molecule has 0 saturated carbocycles. The molecule has 1 aromatic rings. The summed E-state index contributed by atoms with van der Waals surface area (Å²) in [6.07, 6.45) is 0. The molecule has 0 fully saturated rings. The van der Waals surface area contributed by atoms with Crippen molar-refractivity contribution in [1.29, 1.82) is 0 Å². The third-order valence-electron chi connectivity index (χ3n) is 1.78. The lowest BCUT2D eigenvalue weighted by molar-refractivity contribution is -0.118. The van der Waals surface area contributed by atoms with Gasteiger partial charge in [0.25, 0.3) is 0 Å². The highest BCUT2D eigenvalue weighted by molar-refractivity contribution is 5.75. The highest BCUT2D eigenvalue weighted by atomic mass is 16.5. The first kappa shape index (κ1) is 11.2. The van der Waals surface area contributed by atoms with Crippen LogP contribution in [0.2, 0.25) is 0 Å². The van der Waals surface area contributed by atoms with Crippen LogP contribution in [0.3, 0.4) is 0 Å². The molecule has 2 N–H and O–H groups in total. The van der Waals surface area contributed by atoms with Gasteiger partial charge in [0.2, 0.25) is 5.91 Å². The number of hydrogen-bond donors (Lipinski definition) is 2. The van der Waals surface area contributed by atoms with Gasteiger partial charge in [0.15, 0.2) is 0 Å². The summed E-state index contributed by atoms with van der Waals surface area (Å²) < 4.78 is 10.2. The summed E-state index contributed by atoms with van der Waals surface area (Å²) in [5, 5.41) is 0. The fourth-order valence-electron chi connectivity index (χ4n) is 1.06. The van der Waals surface area contributed by atoms with Crippen LogP contribution in [0.15, 0.2) is 18.2 Å². The molecule has 1 aromatic carbocycles. The van der Waals surface area contributed by atoms with Gasteiger partial charge < -0.3 is 9.47 Å². The van der Waals surface area contributed by atoms with Crippen molar-refractivity contribution in [1.82, 2.24) is 5.43 Å². The highest BCUT2D eigenvalue weighted by Crippen LogP contribution is 2.28. The molecule has 0 aromatic heterocycles. The SMILES string of the molecule is COc1ccc(NNC(C)=O)c(OC)c1. The van der Waals surface area contributed by atoms with Crippen LogP contribution in [0.25, 0.3) is 0 Å². The number of nitrogens with one attached hydrogen (secondary N) is 2. The molecule has 5 heteroatoms. The van der Waals surface area contributed by atoms with Crippen molar-refractivity contribution in [3.63, 3.8) is 0 Å². The van der Waals surface area contributed by atoms with Crippen LogP contribution in [0.5, 0.6) is 11.5 Å². The van der Waals surface area contributed by atoms with E-state index in [1.54, 1.807) is 32.4 Å². The van der Waals surface area contributed by atoms with Crippen molar-refractivity contribution in [2.45, 2.75) is 6.92 Å². The van der Waals surface area contributed by atoms with E-state index in [0.717, 1.165) is 0 Å². The molecule has 0 aliphatic carbocycles. The number of hydrogen-bond acceptors (Lipinski definition) is 4. The zero-order chi connectivity index (χ0) is 11.3. The summed E-state index contributed by atoms with van der Waals surface area (Å²) in [7, 11) is 3.13.